The van der Waals surface area contributed by atoms with Crippen LogP contribution in [0.4, 0.5) is 0 Å². The van der Waals surface area contributed by atoms with Crippen molar-refractivity contribution in [3.63, 3.8) is 0 Å². The van der Waals surface area contributed by atoms with Crippen LogP contribution in [0.25, 0.3) is 0 Å². The van der Waals surface area contributed by atoms with Crippen LogP contribution in [0, 0.1) is 0 Å². The summed E-state index contributed by atoms with van der Waals surface area (Å²) in [5.41, 5.74) is 0. The van der Waals surface area contributed by atoms with Gasteiger partial charge in [0.05, 0.1) is 5.75 Å². The quantitative estimate of drug-likeness (QED) is 0.404. The lowest BCUT2D eigenvalue weighted by molar-refractivity contribution is 0.480. The smallest absolute Gasteiger partial charge is 0.264 e. The summed E-state index contributed by atoms with van der Waals surface area (Å²) in [4.78, 5) is 0. The largest absolute Gasteiger partial charge is 0.286 e. The molecule has 3 nitrogen and oxygen atoms in total. The molecule has 0 aliphatic rings. The second-order valence-corrected chi connectivity index (χ2v) is 4.40. The minimum atomic E-state index is -3.78. The maximum absolute atomic E-state index is 10.3. The van der Waals surface area contributed by atoms with Crippen molar-refractivity contribution < 1.29 is 13.0 Å². The number of rotatable bonds is 7. The van der Waals surface area contributed by atoms with Crippen LogP contribution in [-0.2, 0) is 10.1 Å². The lowest BCUT2D eigenvalue weighted by atomic mass is 10.2. The molecule has 1 N–H and O–H groups in total. The minimum Gasteiger partial charge on any atom is -0.286 e. The molecule has 0 spiro atoms. The van der Waals surface area contributed by atoms with Gasteiger partial charge in [0, 0.05) is 0 Å². The van der Waals surface area contributed by atoms with Crippen molar-refractivity contribution in [2.45, 2.75) is 19.3 Å². The van der Waals surface area contributed by atoms with Crippen molar-refractivity contribution in [1.29, 1.82) is 0 Å². The summed E-state index contributed by atoms with van der Waals surface area (Å²) in [6, 6.07) is 0. The number of hydrogen-bond acceptors (Lipinski definition) is 2. The minimum absolute atomic E-state index is 0.149. The fraction of sp³-hybridized carbons (Fsp3) is 0.400. The summed E-state index contributed by atoms with van der Waals surface area (Å²) in [5, 5.41) is 0. The lowest BCUT2D eigenvalue weighted by Crippen LogP contribution is -2.02. The Labute approximate surface area is 85.6 Å². The van der Waals surface area contributed by atoms with E-state index in [1.165, 1.54) is 0 Å². The summed E-state index contributed by atoms with van der Waals surface area (Å²) in [6.07, 6.45) is 11.3. The highest BCUT2D eigenvalue weighted by Crippen LogP contribution is 1.99. The first-order chi connectivity index (χ1) is 6.56. The molecule has 80 valence electrons. The molecule has 0 aromatic heterocycles. The van der Waals surface area contributed by atoms with E-state index in [0.717, 1.165) is 12.8 Å². The third kappa shape index (κ3) is 11.1. The highest BCUT2D eigenvalue weighted by Gasteiger charge is 2.01. The highest BCUT2D eigenvalue weighted by atomic mass is 32.2. The first-order valence-corrected chi connectivity index (χ1v) is 6.06. The summed E-state index contributed by atoms with van der Waals surface area (Å²) >= 11 is 0. The number of allylic oxidation sites excluding steroid dienone is 5. The Kier molecular flexibility index (Phi) is 7.06. The number of unbranched alkanes of at least 4 members (excludes halogenated alkanes) is 2. The average molecular weight is 216 g/mol. The highest BCUT2D eigenvalue weighted by molar-refractivity contribution is 7.85. The Morgan fingerprint density at radius 2 is 1.86 bits per heavy atom. The van der Waals surface area contributed by atoms with Crippen LogP contribution >= 0.6 is 0 Å². The van der Waals surface area contributed by atoms with Crippen molar-refractivity contribution >= 4 is 10.1 Å². The lowest BCUT2D eigenvalue weighted by Gasteiger charge is -1.94. The predicted octanol–water partition coefficient (Wildman–Crippen LogP) is 2.34. The molecule has 0 saturated carbocycles. The van der Waals surface area contributed by atoms with Crippen molar-refractivity contribution in [1.82, 2.24) is 0 Å². The predicted molar refractivity (Wildman–Crippen MR) is 58.7 cm³/mol. The zero-order valence-corrected chi connectivity index (χ0v) is 8.91. The van der Waals surface area contributed by atoms with Crippen molar-refractivity contribution in [2.75, 3.05) is 5.75 Å². The first-order valence-electron chi connectivity index (χ1n) is 4.45. The van der Waals surface area contributed by atoms with Crippen molar-refractivity contribution in [2.24, 2.45) is 0 Å². The van der Waals surface area contributed by atoms with Crippen LogP contribution in [0.5, 0.6) is 0 Å². The molecule has 0 heterocycles. The number of hydrogen-bond donors (Lipinski definition) is 1. The third-order valence-electron chi connectivity index (χ3n) is 1.52. The van der Waals surface area contributed by atoms with Crippen LogP contribution < -0.4 is 0 Å². The van der Waals surface area contributed by atoms with E-state index in [1.807, 2.05) is 24.3 Å². The van der Waals surface area contributed by atoms with E-state index in [2.05, 4.69) is 6.58 Å². The monoisotopic (exact) mass is 216 g/mol. The van der Waals surface area contributed by atoms with Gasteiger partial charge in [-0.05, 0) is 19.3 Å². The van der Waals surface area contributed by atoms with Crippen molar-refractivity contribution in [3.05, 3.63) is 37.0 Å². The van der Waals surface area contributed by atoms with E-state index >= 15 is 0 Å². The average Bonchev–Trinajstić information content (AvgIpc) is 2.08. The third-order valence-corrected chi connectivity index (χ3v) is 2.32. The first kappa shape index (κ1) is 13.1. The molecule has 0 aromatic rings. The van der Waals surface area contributed by atoms with Gasteiger partial charge in [0.1, 0.15) is 0 Å². The van der Waals surface area contributed by atoms with Gasteiger partial charge < -0.3 is 0 Å². The molecular formula is C10H16O3S. The normalized spacial score (nSPS) is 12.6. The summed E-state index contributed by atoms with van der Waals surface area (Å²) in [6.45, 7) is 3.52. The van der Waals surface area contributed by atoms with Gasteiger partial charge >= 0.3 is 0 Å². The van der Waals surface area contributed by atoms with E-state index < -0.39 is 10.1 Å². The molecule has 4 heteroatoms. The molecule has 0 fully saturated rings. The molecule has 0 unspecified atom stereocenters. The second-order valence-electron chi connectivity index (χ2n) is 2.83. The van der Waals surface area contributed by atoms with Crippen LogP contribution in [0.2, 0.25) is 0 Å². The van der Waals surface area contributed by atoms with E-state index in [9.17, 15) is 8.42 Å². The summed E-state index contributed by atoms with van der Waals surface area (Å²) in [7, 11) is -3.78. The Bertz CT molecular complexity index is 299. The summed E-state index contributed by atoms with van der Waals surface area (Å²) in [5.74, 6) is -0.149. The molecule has 0 rings (SSSR count). The molecule has 0 radical (unpaired) electrons. The van der Waals surface area contributed by atoms with E-state index in [1.54, 1.807) is 6.08 Å². The van der Waals surface area contributed by atoms with Gasteiger partial charge in [0.25, 0.3) is 10.1 Å². The van der Waals surface area contributed by atoms with Gasteiger partial charge in [-0.15, -0.1) is 0 Å². The van der Waals surface area contributed by atoms with Gasteiger partial charge in [0.2, 0.25) is 0 Å². The fourth-order valence-corrected chi connectivity index (χ4v) is 1.43. The van der Waals surface area contributed by atoms with Gasteiger partial charge in [-0.25, -0.2) is 0 Å². The van der Waals surface area contributed by atoms with Crippen molar-refractivity contribution in [3.8, 4) is 0 Å². The van der Waals surface area contributed by atoms with Gasteiger partial charge in [-0.3, -0.25) is 4.55 Å². The Morgan fingerprint density at radius 3 is 2.43 bits per heavy atom. The van der Waals surface area contributed by atoms with Gasteiger partial charge in [-0.2, -0.15) is 8.42 Å². The standard InChI is InChI=1S/C10H16O3S/c1-2-3-4-5-6-7-8-9-10-14(11,12)13/h2-6H,1,7-10H2,(H,11,12,13)/b4-3-,6-5+. The topological polar surface area (TPSA) is 54.4 Å². The molecule has 0 bridgehead atoms. The van der Waals surface area contributed by atoms with Gasteiger partial charge in [-0.1, -0.05) is 37.0 Å². The van der Waals surface area contributed by atoms with E-state index in [-0.39, 0.29) is 5.75 Å². The van der Waals surface area contributed by atoms with E-state index in [4.69, 9.17) is 4.55 Å². The molecule has 0 aliphatic heterocycles. The molecule has 14 heavy (non-hydrogen) atoms. The molecule has 0 saturated heterocycles. The van der Waals surface area contributed by atoms with Gasteiger partial charge in [0.15, 0.2) is 0 Å². The maximum Gasteiger partial charge on any atom is 0.264 e. The van der Waals surface area contributed by atoms with E-state index in [0.29, 0.717) is 6.42 Å². The fourth-order valence-electron chi connectivity index (χ4n) is 0.864. The summed E-state index contributed by atoms with van der Waals surface area (Å²) < 4.78 is 29.1. The van der Waals surface area contributed by atoms with Crippen LogP contribution in [0.1, 0.15) is 19.3 Å². The van der Waals surface area contributed by atoms with Crippen LogP contribution in [0.3, 0.4) is 0 Å². The molecule has 0 aromatic carbocycles. The Morgan fingerprint density at radius 1 is 1.14 bits per heavy atom. The Hall–Kier alpha value is -0.870. The molecule has 0 aliphatic carbocycles. The zero-order valence-electron chi connectivity index (χ0n) is 8.09. The zero-order chi connectivity index (χ0) is 10.9. The SMILES string of the molecule is C=C/C=C\C=C\CCCCS(=O)(=O)O. The van der Waals surface area contributed by atoms with Crippen LogP contribution in [-0.4, -0.2) is 18.7 Å². The molecule has 0 atom stereocenters. The molecule has 0 amide bonds. The maximum atomic E-state index is 10.3. The van der Waals surface area contributed by atoms with Crippen LogP contribution in [0.15, 0.2) is 37.0 Å². The Balaban J connectivity index is 3.43. The molecular weight excluding hydrogens is 200 g/mol. The second kappa shape index (κ2) is 7.53.